The van der Waals surface area contributed by atoms with E-state index in [0.717, 1.165) is 29.9 Å². The molecule has 1 N–H and O–H groups in total. The van der Waals surface area contributed by atoms with Crippen LogP contribution in [-0.4, -0.2) is 26.4 Å². The highest BCUT2D eigenvalue weighted by molar-refractivity contribution is 9.10. The molecule has 120 valence electrons. The molecule has 0 amide bonds. The molecule has 0 aromatic heterocycles. The Labute approximate surface area is 137 Å². The van der Waals surface area contributed by atoms with Gasteiger partial charge in [0.05, 0.1) is 11.1 Å². The molecule has 0 aliphatic heterocycles. The minimum atomic E-state index is 0.559. The second-order valence-electron chi connectivity index (χ2n) is 6.07. The number of nitrogens with one attached hydrogen (secondary N) is 1. The Morgan fingerprint density at radius 1 is 1.10 bits per heavy atom. The zero-order valence-corrected chi connectivity index (χ0v) is 15.2. The summed E-state index contributed by atoms with van der Waals surface area (Å²) in [7, 11) is 0. The number of para-hydroxylation sites is 1. The summed E-state index contributed by atoms with van der Waals surface area (Å²) in [5, 5.41) is 3.45. The Kier molecular flexibility index (Phi) is 8.97. The monoisotopic (exact) mass is 357 g/mol. The van der Waals surface area contributed by atoms with Gasteiger partial charge in [-0.15, -0.1) is 0 Å². The minimum absolute atomic E-state index is 0.559. The predicted molar refractivity (Wildman–Crippen MR) is 91.8 cm³/mol. The van der Waals surface area contributed by atoms with Gasteiger partial charge in [-0.05, 0) is 40.4 Å². The maximum Gasteiger partial charge on any atom is 0.138 e. The maximum absolute atomic E-state index is 5.90. The van der Waals surface area contributed by atoms with E-state index in [0.29, 0.717) is 25.0 Å². The molecule has 0 aliphatic rings. The fourth-order valence-electron chi connectivity index (χ4n) is 1.87. The van der Waals surface area contributed by atoms with Gasteiger partial charge in [-0.25, -0.2) is 0 Å². The molecule has 0 fully saturated rings. The molecule has 0 atom stereocenters. The van der Waals surface area contributed by atoms with Crippen molar-refractivity contribution >= 4 is 15.9 Å². The Balaban J connectivity index is 2.47. The number of hydrogen-bond acceptors (Lipinski definition) is 3. The van der Waals surface area contributed by atoms with Gasteiger partial charge in [0.1, 0.15) is 12.4 Å². The normalized spacial score (nSPS) is 11.4. The number of rotatable bonds is 10. The Hall–Kier alpha value is -0.580. The van der Waals surface area contributed by atoms with Gasteiger partial charge in [0.15, 0.2) is 0 Å². The van der Waals surface area contributed by atoms with E-state index in [9.17, 15) is 0 Å². The number of hydrogen-bond donors (Lipinski definition) is 1. The quantitative estimate of drug-likeness (QED) is 0.635. The Bertz CT molecular complexity index is 408. The van der Waals surface area contributed by atoms with E-state index in [4.69, 9.17) is 9.47 Å². The minimum Gasteiger partial charge on any atom is -0.490 e. The number of benzene rings is 1. The molecule has 4 heteroatoms. The second kappa shape index (κ2) is 10.2. The largest absolute Gasteiger partial charge is 0.490 e. The van der Waals surface area contributed by atoms with Crippen LogP contribution in [0, 0.1) is 11.8 Å². The van der Waals surface area contributed by atoms with Crippen LogP contribution in [0.5, 0.6) is 5.75 Å². The molecule has 1 rings (SSSR count). The molecule has 0 spiro atoms. The summed E-state index contributed by atoms with van der Waals surface area (Å²) in [6, 6.07) is 6.15. The van der Waals surface area contributed by atoms with Crippen LogP contribution in [0.25, 0.3) is 0 Å². The second-order valence-corrected chi connectivity index (χ2v) is 6.92. The fourth-order valence-corrected chi connectivity index (χ4v) is 2.39. The molecule has 0 aliphatic carbocycles. The molecule has 1 aromatic rings. The lowest BCUT2D eigenvalue weighted by atomic mass is 10.2. The van der Waals surface area contributed by atoms with E-state index in [-0.39, 0.29) is 0 Å². The summed E-state index contributed by atoms with van der Waals surface area (Å²) in [5.41, 5.74) is 1.17. The summed E-state index contributed by atoms with van der Waals surface area (Å²) in [6.07, 6.45) is 0. The summed E-state index contributed by atoms with van der Waals surface area (Å²) >= 11 is 3.57. The first-order valence-electron chi connectivity index (χ1n) is 7.69. The van der Waals surface area contributed by atoms with Crippen molar-refractivity contribution in [2.75, 3.05) is 26.4 Å². The van der Waals surface area contributed by atoms with E-state index in [1.807, 2.05) is 12.1 Å². The molecule has 0 bridgehead atoms. The van der Waals surface area contributed by atoms with Crippen LogP contribution in [0.15, 0.2) is 22.7 Å². The molecular weight excluding hydrogens is 330 g/mol. The molecule has 0 saturated heterocycles. The van der Waals surface area contributed by atoms with Crippen LogP contribution in [0.3, 0.4) is 0 Å². The molecule has 1 aromatic carbocycles. The van der Waals surface area contributed by atoms with E-state index < -0.39 is 0 Å². The van der Waals surface area contributed by atoms with Gasteiger partial charge < -0.3 is 14.8 Å². The van der Waals surface area contributed by atoms with Gasteiger partial charge in [0, 0.05) is 18.7 Å². The lowest BCUT2D eigenvalue weighted by Gasteiger charge is -2.15. The van der Waals surface area contributed by atoms with Crippen molar-refractivity contribution in [1.29, 1.82) is 0 Å². The fraction of sp³-hybridized carbons (Fsp3) is 0.647. The van der Waals surface area contributed by atoms with Crippen molar-refractivity contribution in [3.05, 3.63) is 28.2 Å². The van der Waals surface area contributed by atoms with Crippen molar-refractivity contribution in [2.24, 2.45) is 11.8 Å². The highest BCUT2D eigenvalue weighted by Crippen LogP contribution is 2.29. The van der Waals surface area contributed by atoms with Crippen molar-refractivity contribution in [3.8, 4) is 5.75 Å². The van der Waals surface area contributed by atoms with Crippen LogP contribution in [0.1, 0.15) is 33.3 Å². The molecule has 21 heavy (non-hydrogen) atoms. The van der Waals surface area contributed by atoms with E-state index in [1.54, 1.807) is 0 Å². The van der Waals surface area contributed by atoms with Gasteiger partial charge in [0.2, 0.25) is 0 Å². The van der Waals surface area contributed by atoms with Crippen molar-refractivity contribution in [1.82, 2.24) is 5.32 Å². The zero-order chi connectivity index (χ0) is 15.7. The summed E-state index contributed by atoms with van der Waals surface area (Å²) in [4.78, 5) is 0. The SMILES string of the molecule is CC(C)CNCc1cccc(Br)c1OCCOCC(C)C. The summed E-state index contributed by atoms with van der Waals surface area (Å²) in [5.74, 6) is 2.12. The topological polar surface area (TPSA) is 30.5 Å². The van der Waals surface area contributed by atoms with Gasteiger partial charge in [0.25, 0.3) is 0 Å². The van der Waals surface area contributed by atoms with Gasteiger partial charge in [-0.1, -0.05) is 39.8 Å². The van der Waals surface area contributed by atoms with Crippen LogP contribution < -0.4 is 10.1 Å². The standard InChI is InChI=1S/C17H28BrNO2/c1-13(2)10-19-11-15-6-5-7-16(18)17(15)21-9-8-20-12-14(3)4/h5-7,13-14,19H,8-12H2,1-4H3. The highest BCUT2D eigenvalue weighted by Gasteiger charge is 2.08. The van der Waals surface area contributed by atoms with E-state index in [1.165, 1.54) is 5.56 Å². The number of ether oxygens (including phenoxy) is 2. The zero-order valence-electron chi connectivity index (χ0n) is 13.6. The third-order valence-corrected chi connectivity index (χ3v) is 3.47. The van der Waals surface area contributed by atoms with Gasteiger partial charge >= 0.3 is 0 Å². The molecule has 0 radical (unpaired) electrons. The molecule has 0 unspecified atom stereocenters. The molecule has 0 heterocycles. The maximum atomic E-state index is 5.90. The Morgan fingerprint density at radius 3 is 2.52 bits per heavy atom. The molecular formula is C17H28BrNO2. The Morgan fingerprint density at radius 2 is 1.86 bits per heavy atom. The first kappa shape index (κ1) is 18.5. The molecule has 0 saturated carbocycles. The summed E-state index contributed by atoms with van der Waals surface area (Å²) < 4.78 is 12.4. The first-order valence-corrected chi connectivity index (χ1v) is 8.48. The van der Waals surface area contributed by atoms with Crippen molar-refractivity contribution in [3.63, 3.8) is 0 Å². The smallest absolute Gasteiger partial charge is 0.138 e. The van der Waals surface area contributed by atoms with Crippen LogP contribution >= 0.6 is 15.9 Å². The lowest BCUT2D eigenvalue weighted by molar-refractivity contribution is 0.0814. The van der Waals surface area contributed by atoms with Crippen molar-refractivity contribution < 1.29 is 9.47 Å². The average molecular weight is 358 g/mol. The van der Waals surface area contributed by atoms with Crippen LogP contribution in [-0.2, 0) is 11.3 Å². The van der Waals surface area contributed by atoms with Crippen LogP contribution in [0.2, 0.25) is 0 Å². The summed E-state index contributed by atoms with van der Waals surface area (Å²) in [6.45, 7) is 12.5. The van der Waals surface area contributed by atoms with E-state index in [2.05, 4.69) is 55.0 Å². The van der Waals surface area contributed by atoms with Gasteiger partial charge in [-0.2, -0.15) is 0 Å². The van der Waals surface area contributed by atoms with Crippen LogP contribution in [0.4, 0.5) is 0 Å². The number of halogens is 1. The van der Waals surface area contributed by atoms with E-state index >= 15 is 0 Å². The predicted octanol–water partition coefficient (Wildman–Crippen LogP) is 4.25. The lowest BCUT2D eigenvalue weighted by Crippen LogP contribution is -2.20. The third-order valence-electron chi connectivity index (χ3n) is 2.84. The molecule has 3 nitrogen and oxygen atoms in total. The average Bonchev–Trinajstić information content (AvgIpc) is 2.40. The highest BCUT2D eigenvalue weighted by atomic mass is 79.9. The van der Waals surface area contributed by atoms with Crippen molar-refractivity contribution in [2.45, 2.75) is 34.2 Å². The first-order chi connectivity index (χ1) is 10.0. The third kappa shape index (κ3) is 7.84. The van der Waals surface area contributed by atoms with Gasteiger partial charge in [-0.3, -0.25) is 0 Å².